The zero-order valence-electron chi connectivity index (χ0n) is 15.2. The molecule has 1 atom stereocenters. The SMILES string of the molecule is C[C](C)=[Zr+2]([C]1=CC=C(C(C)(C)C)C1)[CH]1C=Cc2ccccc21.[Cl-].[Cl-]. The van der Waals surface area contributed by atoms with Gasteiger partial charge in [0.15, 0.2) is 0 Å². The summed E-state index contributed by atoms with van der Waals surface area (Å²) < 4.78 is 4.19. The van der Waals surface area contributed by atoms with Gasteiger partial charge in [0.05, 0.1) is 0 Å². The van der Waals surface area contributed by atoms with Crippen molar-refractivity contribution in [1.29, 1.82) is 0 Å². The van der Waals surface area contributed by atoms with E-state index in [1.54, 1.807) is 17.6 Å². The van der Waals surface area contributed by atoms with Crippen LogP contribution in [0.3, 0.4) is 0 Å². The number of benzene rings is 1. The van der Waals surface area contributed by atoms with Crippen LogP contribution in [0.4, 0.5) is 0 Å². The van der Waals surface area contributed by atoms with Crippen LogP contribution in [0.1, 0.15) is 55.8 Å². The van der Waals surface area contributed by atoms with Gasteiger partial charge in [0.25, 0.3) is 0 Å². The second-order valence-electron chi connectivity index (χ2n) is 7.69. The summed E-state index contributed by atoms with van der Waals surface area (Å²) in [6, 6.07) is 8.97. The second kappa shape index (κ2) is 8.44. The molecule has 0 bridgehead atoms. The monoisotopic (exact) mass is 438 g/mol. The molecule has 0 fully saturated rings. The number of allylic oxidation sites excluding steroid dienone is 5. The first kappa shape index (κ1) is 21.8. The molecule has 3 rings (SSSR count). The maximum absolute atomic E-state index is 2.49. The molecular formula is C21H26Cl2Zr. The fourth-order valence-electron chi connectivity index (χ4n) is 3.56. The van der Waals surface area contributed by atoms with Crippen molar-refractivity contribution in [3.63, 3.8) is 0 Å². The second-order valence-corrected chi connectivity index (χ2v) is 15.3. The van der Waals surface area contributed by atoms with Crippen LogP contribution in [0.25, 0.3) is 6.08 Å². The first-order valence-electron chi connectivity index (χ1n) is 8.23. The maximum atomic E-state index is 2.49. The Morgan fingerprint density at radius 3 is 2.29 bits per heavy atom. The van der Waals surface area contributed by atoms with Crippen molar-refractivity contribution in [2.45, 2.75) is 44.7 Å². The first-order valence-corrected chi connectivity index (χ1v) is 12.1. The van der Waals surface area contributed by atoms with Crippen molar-refractivity contribution in [3.8, 4) is 0 Å². The Hall–Kier alpha value is -0.227. The molecule has 0 spiro atoms. The van der Waals surface area contributed by atoms with Gasteiger partial charge < -0.3 is 24.8 Å². The first-order chi connectivity index (χ1) is 10.4. The molecule has 0 saturated carbocycles. The standard InChI is InChI=1S/C9H7.C9H13.C3H6.2ClH.Zr/c1-2-5-9-7-3-6-8(9)4-1;1-9(2,3)8-6-4-5-7-8;1-3-2;;;/h1-7H;4,6H,7H2,1-3H3;1-2H3;2*1H;/q;;;;;+2/p-2. The molecule has 0 saturated heterocycles. The van der Waals surface area contributed by atoms with Gasteiger partial charge in [0, 0.05) is 0 Å². The summed E-state index contributed by atoms with van der Waals surface area (Å²) in [7, 11) is 0. The van der Waals surface area contributed by atoms with E-state index in [2.05, 4.69) is 83.2 Å². The summed E-state index contributed by atoms with van der Waals surface area (Å²) in [4.78, 5) is 0. The molecule has 0 aliphatic heterocycles. The number of hydrogen-bond acceptors (Lipinski definition) is 0. The minimum atomic E-state index is -1.80. The third-order valence-corrected chi connectivity index (χ3v) is 12.8. The molecule has 0 amide bonds. The van der Waals surface area contributed by atoms with E-state index in [9.17, 15) is 0 Å². The van der Waals surface area contributed by atoms with Gasteiger partial charge in [-0.25, -0.2) is 0 Å². The minimum Gasteiger partial charge on any atom is -1.00 e. The zero-order chi connectivity index (χ0) is 15.9. The van der Waals surface area contributed by atoms with Crippen LogP contribution in [0, 0.1) is 5.41 Å². The van der Waals surface area contributed by atoms with Crippen LogP contribution in [-0.4, -0.2) is 3.21 Å². The van der Waals surface area contributed by atoms with Crippen molar-refractivity contribution >= 4 is 9.28 Å². The van der Waals surface area contributed by atoms with Gasteiger partial charge in [-0.3, -0.25) is 0 Å². The molecule has 3 heteroatoms. The number of rotatable bonds is 2. The van der Waals surface area contributed by atoms with Crippen molar-refractivity contribution in [3.05, 3.63) is 62.5 Å². The van der Waals surface area contributed by atoms with E-state index in [0.717, 1.165) is 0 Å². The fourth-order valence-corrected chi connectivity index (χ4v) is 11.3. The van der Waals surface area contributed by atoms with E-state index >= 15 is 0 Å². The molecule has 1 unspecified atom stereocenters. The van der Waals surface area contributed by atoms with E-state index in [-0.39, 0.29) is 24.8 Å². The van der Waals surface area contributed by atoms with Crippen molar-refractivity contribution < 1.29 is 46.1 Å². The Balaban J connectivity index is 0.00000144. The van der Waals surface area contributed by atoms with Gasteiger partial charge >= 0.3 is 143 Å². The molecule has 0 nitrogen and oxygen atoms in total. The fraction of sp³-hybridized carbons (Fsp3) is 0.381. The number of fused-ring (bicyclic) bond motifs is 1. The van der Waals surface area contributed by atoms with Crippen molar-refractivity contribution in [1.82, 2.24) is 0 Å². The predicted molar refractivity (Wildman–Crippen MR) is 94.8 cm³/mol. The molecule has 24 heavy (non-hydrogen) atoms. The molecule has 1 aromatic rings. The molecular weight excluding hydrogens is 414 g/mol. The van der Waals surface area contributed by atoms with Crippen LogP contribution < -0.4 is 24.8 Å². The Labute approximate surface area is 167 Å². The smallest absolute Gasteiger partial charge is 1.00 e. The van der Waals surface area contributed by atoms with Crippen molar-refractivity contribution in [2.24, 2.45) is 5.41 Å². The molecule has 0 heterocycles. The van der Waals surface area contributed by atoms with E-state index in [1.165, 1.54) is 12.0 Å². The topological polar surface area (TPSA) is 0 Å². The van der Waals surface area contributed by atoms with Gasteiger partial charge in [0.2, 0.25) is 0 Å². The Kier molecular flexibility index (Phi) is 7.67. The minimum absolute atomic E-state index is 0. The summed E-state index contributed by atoms with van der Waals surface area (Å²) in [5, 5.41) is 0. The summed E-state index contributed by atoms with van der Waals surface area (Å²) in [6.07, 6.45) is 10.9. The quantitative estimate of drug-likeness (QED) is 0.601. The third-order valence-electron chi connectivity index (χ3n) is 4.82. The van der Waals surface area contributed by atoms with Crippen LogP contribution in [-0.2, 0) is 21.3 Å². The van der Waals surface area contributed by atoms with Crippen molar-refractivity contribution in [2.75, 3.05) is 0 Å². The van der Waals surface area contributed by atoms with E-state index < -0.39 is 21.3 Å². The average molecular weight is 441 g/mol. The van der Waals surface area contributed by atoms with Gasteiger partial charge in [0.1, 0.15) is 0 Å². The normalized spacial score (nSPS) is 17.8. The Morgan fingerprint density at radius 1 is 1.04 bits per heavy atom. The molecule has 0 aromatic heterocycles. The molecule has 128 valence electrons. The molecule has 1 aromatic carbocycles. The van der Waals surface area contributed by atoms with Crippen LogP contribution >= 0.6 is 0 Å². The number of hydrogen-bond donors (Lipinski definition) is 0. The predicted octanol–water partition coefficient (Wildman–Crippen LogP) is -0.147. The summed E-state index contributed by atoms with van der Waals surface area (Å²) in [6.45, 7) is 11.8. The van der Waals surface area contributed by atoms with Gasteiger partial charge in [-0.2, -0.15) is 0 Å². The average Bonchev–Trinajstić information content (AvgIpc) is 3.06. The Morgan fingerprint density at radius 2 is 1.71 bits per heavy atom. The van der Waals surface area contributed by atoms with E-state index in [1.807, 2.05) is 0 Å². The summed E-state index contributed by atoms with van der Waals surface area (Å²) in [5.41, 5.74) is 4.92. The molecule has 2 aliphatic rings. The van der Waals surface area contributed by atoms with Gasteiger partial charge in [-0.15, -0.1) is 0 Å². The largest absolute Gasteiger partial charge is 1.00 e. The van der Waals surface area contributed by atoms with E-state index in [4.69, 9.17) is 0 Å². The summed E-state index contributed by atoms with van der Waals surface area (Å²) >= 11 is -1.80. The third kappa shape index (κ3) is 4.29. The van der Waals surface area contributed by atoms with E-state index in [0.29, 0.717) is 9.04 Å². The maximum Gasteiger partial charge on any atom is -1.00 e. The number of halogens is 2. The Bertz CT molecular complexity index is 726. The van der Waals surface area contributed by atoms with Crippen LogP contribution in [0.5, 0.6) is 0 Å². The molecule has 2 aliphatic carbocycles. The van der Waals surface area contributed by atoms with Crippen LogP contribution in [0.2, 0.25) is 0 Å². The van der Waals surface area contributed by atoms with Gasteiger partial charge in [-0.1, -0.05) is 0 Å². The van der Waals surface area contributed by atoms with Gasteiger partial charge in [-0.05, 0) is 0 Å². The van der Waals surface area contributed by atoms with Crippen LogP contribution in [0.15, 0.2) is 51.3 Å². The zero-order valence-corrected chi connectivity index (χ0v) is 19.1. The molecule has 0 radical (unpaired) electrons. The molecule has 0 N–H and O–H groups in total. The summed E-state index contributed by atoms with van der Waals surface area (Å²) in [5.74, 6) is 0.